The first-order valence-corrected chi connectivity index (χ1v) is 9.51. The topological polar surface area (TPSA) is 58.6 Å². The number of hydrogen-bond acceptors (Lipinski definition) is 3. The molecule has 0 radical (unpaired) electrons. The van der Waals surface area contributed by atoms with E-state index in [0.29, 0.717) is 41.7 Å². The summed E-state index contributed by atoms with van der Waals surface area (Å²) in [4.78, 5) is 26.8. The van der Waals surface area contributed by atoms with Gasteiger partial charge < -0.3 is 15.0 Å². The Kier molecular flexibility index (Phi) is 4.74. The van der Waals surface area contributed by atoms with Crippen LogP contribution in [0.15, 0.2) is 42.5 Å². The molecular weight excluding hydrogens is 387 g/mol. The number of rotatable bonds is 3. The predicted octanol–water partition coefficient (Wildman–Crippen LogP) is 3.88. The van der Waals surface area contributed by atoms with Crippen molar-refractivity contribution in [3.63, 3.8) is 0 Å². The van der Waals surface area contributed by atoms with Gasteiger partial charge >= 0.3 is 0 Å². The van der Waals surface area contributed by atoms with E-state index in [1.54, 1.807) is 23.1 Å². The van der Waals surface area contributed by atoms with Crippen LogP contribution in [-0.2, 0) is 15.0 Å². The van der Waals surface area contributed by atoms with Crippen molar-refractivity contribution in [3.8, 4) is 5.75 Å². The molecule has 1 N–H and O–H groups in total. The predicted molar refractivity (Wildman–Crippen MR) is 105 cm³/mol. The summed E-state index contributed by atoms with van der Waals surface area (Å²) < 4.78 is 5.54. The van der Waals surface area contributed by atoms with Gasteiger partial charge in [-0.25, -0.2) is 0 Å². The number of anilines is 1. The van der Waals surface area contributed by atoms with E-state index in [4.69, 9.17) is 27.9 Å². The molecular formula is C20H18Cl2N2O3. The van der Waals surface area contributed by atoms with Crippen LogP contribution in [0.4, 0.5) is 5.69 Å². The van der Waals surface area contributed by atoms with E-state index in [1.807, 2.05) is 24.3 Å². The van der Waals surface area contributed by atoms with Gasteiger partial charge in [-0.3, -0.25) is 9.59 Å². The molecule has 5 nitrogen and oxygen atoms in total. The number of halogens is 2. The SMILES string of the molecule is O=C(COc1cc(Cl)cc(Cl)c1)N1CCC2(CC1)C(=O)Nc1ccccc12. The normalized spacial score (nSPS) is 17.6. The molecule has 7 heteroatoms. The van der Waals surface area contributed by atoms with E-state index in [1.165, 1.54) is 0 Å². The molecule has 0 bridgehead atoms. The molecule has 0 aliphatic carbocycles. The lowest BCUT2D eigenvalue weighted by molar-refractivity contribution is -0.137. The molecule has 0 unspecified atom stereocenters. The van der Waals surface area contributed by atoms with Crippen LogP contribution >= 0.6 is 23.2 Å². The highest BCUT2D eigenvalue weighted by Gasteiger charge is 2.48. The first-order valence-electron chi connectivity index (χ1n) is 8.76. The Morgan fingerprint density at radius 1 is 1.11 bits per heavy atom. The van der Waals surface area contributed by atoms with Crippen LogP contribution < -0.4 is 10.1 Å². The van der Waals surface area contributed by atoms with Gasteiger partial charge in [0, 0.05) is 28.8 Å². The monoisotopic (exact) mass is 404 g/mol. The Labute approximate surface area is 167 Å². The summed E-state index contributed by atoms with van der Waals surface area (Å²) in [7, 11) is 0. The fraction of sp³-hybridized carbons (Fsp3) is 0.300. The first-order chi connectivity index (χ1) is 13.0. The van der Waals surface area contributed by atoms with Crippen LogP contribution in [0.25, 0.3) is 0 Å². The molecule has 2 amide bonds. The van der Waals surface area contributed by atoms with Crippen LogP contribution in [0.1, 0.15) is 18.4 Å². The molecule has 0 saturated carbocycles. The van der Waals surface area contributed by atoms with Gasteiger partial charge in [-0.05, 0) is 42.7 Å². The van der Waals surface area contributed by atoms with Crippen LogP contribution in [0.5, 0.6) is 5.75 Å². The second kappa shape index (κ2) is 7.06. The Bertz CT molecular complexity index is 888. The Balaban J connectivity index is 1.39. The van der Waals surface area contributed by atoms with Crippen molar-refractivity contribution in [3.05, 3.63) is 58.1 Å². The van der Waals surface area contributed by atoms with Crippen LogP contribution in [0.3, 0.4) is 0 Å². The van der Waals surface area contributed by atoms with Crippen molar-refractivity contribution < 1.29 is 14.3 Å². The third-order valence-corrected chi connectivity index (χ3v) is 5.73. The number of nitrogens with zero attached hydrogens (tertiary/aromatic N) is 1. The van der Waals surface area contributed by atoms with Crippen LogP contribution in [0, 0.1) is 0 Å². The number of nitrogens with one attached hydrogen (secondary N) is 1. The number of carbonyl (C=O) groups is 2. The van der Waals surface area contributed by atoms with Crippen LogP contribution in [0.2, 0.25) is 10.0 Å². The molecule has 0 atom stereocenters. The number of hydrogen-bond donors (Lipinski definition) is 1. The van der Waals surface area contributed by atoms with E-state index < -0.39 is 5.41 Å². The molecule has 2 heterocycles. The minimum Gasteiger partial charge on any atom is -0.484 e. The lowest BCUT2D eigenvalue weighted by atomic mass is 9.73. The Morgan fingerprint density at radius 2 is 1.78 bits per heavy atom. The summed E-state index contributed by atoms with van der Waals surface area (Å²) >= 11 is 11.9. The average Bonchev–Trinajstić information content (AvgIpc) is 2.91. The molecule has 0 aromatic heterocycles. The summed E-state index contributed by atoms with van der Waals surface area (Å²) in [6.45, 7) is 0.937. The van der Waals surface area contributed by atoms with Gasteiger partial charge in [0.25, 0.3) is 5.91 Å². The number of fused-ring (bicyclic) bond motifs is 2. The Morgan fingerprint density at radius 3 is 2.48 bits per heavy atom. The quantitative estimate of drug-likeness (QED) is 0.843. The van der Waals surface area contributed by atoms with Crippen LogP contribution in [-0.4, -0.2) is 36.4 Å². The summed E-state index contributed by atoms with van der Waals surface area (Å²) in [5.41, 5.74) is 1.38. The smallest absolute Gasteiger partial charge is 0.260 e. The fourth-order valence-electron chi connectivity index (χ4n) is 3.86. The highest BCUT2D eigenvalue weighted by molar-refractivity contribution is 6.34. The number of carbonyl (C=O) groups excluding carboxylic acids is 2. The van der Waals surface area contributed by atoms with Gasteiger partial charge in [-0.1, -0.05) is 41.4 Å². The summed E-state index contributed by atoms with van der Waals surface area (Å²) in [6.07, 6.45) is 1.20. The van der Waals surface area contributed by atoms with E-state index in [2.05, 4.69) is 5.32 Å². The molecule has 2 aliphatic heterocycles. The second-order valence-corrected chi connectivity index (χ2v) is 7.73. The average molecular weight is 405 g/mol. The maximum absolute atomic E-state index is 12.6. The summed E-state index contributed by atoms with van der Waals surface area (Å²) in [5.74, 6) is 0.367. The number of piperidine rings is 1. The van der Waals surface area contributed by atoms with Crippen molar-refractivity contribution in [1.82, 2.24) is 4.90 Å². The number of amides is 2. The standard InChI is InChI=1S/C20H18Cl2N2O3/c21-13-9-14(22)11-15(10-13)27-12-18(25)24-7-5-20(6-8-24)16-3-1-2-4-17(16)23-19(20)26/h1-4,9-11H,5-8,12H2,(H,23,26). The zero-order valence-electron chi connectivity index (χ0n) is 14.5. The molecule has 27 heavy (non-hydrogen) atoms. The van der Waals surface area contributed by atoms with Gasteiger partial charge in [0.1, 0.15) is 5.75 Å². The van der Waals surface area contributed by atoms with Gasteiger partial charge in [-0.2, -0.15) is 0 Å². The van der Waals surface area contributed by atoms with Gasteiger partial charge in [0.05, 0.1) is 5.41 Å². The van der Waals surface area contributed by atoms with Crippen molar-refractivity contribution in [2.75, 3.05) is 25.0 Å². The van der Waals surface area contributed by atoms with E-state index in [0.717, 1.165) is 11.3 Å². The minimum absolute atomic E-state index is 0.0284. The lowest BCUT2D eigenvalue weighted by Gasteiger charge is -2.37. The zero-order chi connectivity index (χ0) is 19.0. The van der Waals surface area contributed by atoms with E-state index in [9.17, 15) is 9.59 Å². The lowest BCUT2D eigenvalue weighted by Crippen LogP contribution is -2.49. The molecule has 1 fully saturated rings. The van der Waals surface area contributed by atoms with Gasteiger partial charge in [-0.15, -0.1) is 0 Å². The molecule has 2 aliphatic rings. The molecule has 2 aromatic carbocycles. The first kappa shape index (κ1) is 18.1. The molecule has 1 spiro atoms. The summed E-state index contributed by atoms with van der Waals surface area (Å²) in [5, 5.41) is 3.88. The summed E-state index contributed by atoms with van der Waals surface area (Å²) in [6, 6.07) is 12.6. The van der Waals surface area contributed by atoms with Crippen molar-refractivity contribution in [2.45, 2.75) is 18.3 Å². The highest BCUT2D eigenvalue weighted by Crippen LogP contribution is 2.44. The Hall–Kier alpha value is -2.24. The highest BCUT2D eigenvalue weighted by atomic mass is 35.5. The maximum atomic E-state index is 12.6. The van der Waals surface area contributed by atoms with Gasteiger partial charge in [0.2, 0.25) is 5.91 Å². The van der Waals surface area contributed by atoms with Crippen molar-refractivity contribution in [2.24, 2.45) is 0 Å². The molecule has 4 rings (SSSR count). The number of para-hydroxylation sites is 1. The third-order valence-electron chi connectivity index (χ3n) is 5.29. The van der Waals surface area contributed by atoms with E-state index >= 15 is 0 Å². The molecule has 140 valence electrons. The van der Waals surface area contributed by atoms with E-state index in [-0.39, 0.29) is 18.4 Å². The minimum atomic E-state index is -0.533. The van der Waals surface area contributed by atoms with Crippen molar-refractivity contribution >= 4 is 40.7 Å². The zero-order valence-corrected chi connectivity index (χ0v) is 16.0. The third kappa shape index (κ3) is 3.37. The van der Waals surface area contributed by atoms with Crippen molar-refractivity contribution in [1.29, 1.82) is 0 Å². The maximum Gasteiger partial charge on any atom is 0.260 e. The second-order valence-electron chi connectivity index (χ2n) is 6.86. The number of likely N-dealkylation sites (tertiary alicyclic amines) is 1. The number of ether oxygens (including phenoxy) is 1. The molecule has 2 aromatic rings. The van der Waals surface area contributed by atoms with Gasteiger partial charge in [0.15, 0.2) is 6.61 Å². The largest absolute Gasteiger partial charge is 0.484 e. The molecule has 1 saturated heterocycles. The number of benzene rings is 2. The fourth-order valence-corrected chi connectivity index (χ4v) is 4.36.